The monoisotopic (exact) mass is 345 g/mol. The molecule has 0 bridgehead atoms. The molecule has 25 heavy (non-hydrogen) atoms. The van der Waals surface area contributed by atoms with Crippen molar-refractivity contribution >= 4 is 11.6 Å². The highest BCUT2D eigenvalue weighted by molar-refractivity contribution is 5.90. The number of amides is 1. The maximum Gasteiger partial charge on any atom is 0.253 e. The van der Waals surface area contributed by atoms with Gasteiger partial charge in [0.25, 0.3) is 5.56 Å². The number of ether oxygens (including phenoxy) is 2. The number of rotatable bonds is 8. The zero-order valence-corrected chi connectivity index (χ0v) is 14.7. The van der Waals surface area contributed by atoms with E-state index in [9.17, 15) is 9.59 Å². The number of anilines is 1. The molecule has 0 aliphatic carbocycles. The Bertz CT molecular complexity index is 786. The van der Waals surface area contributed by atoms with Gasteiger partial charge in [-0.25, -0.2) is 4.98 Å². The average molecular weight is 345 g/mol. The Balaban J connectivity index is 2.04. The van der Waals surface area contributed by atoms with Gasteiger partial charge in [-0.3, -0.25) is 14.2 Å². The highest BCUT2D eigenvalue weighted by Crippen LogP contribution is 2.29. The Morgan fingerprint density at radius 2 is 1.96 bits per heavy atom. The van der Waals surface area contributed by atoms with Crippen LogP contribution < -0.4 is 20.3 Å². The van der Waals surface area contributed by atoms with Gasteiger partial charge >= 0.3 is 0 Å². The standard InChI is InChI=1S/C18H23N3O4/c1-4-5-6-13-10-18(23)21(12-19-13)11-17(22)20-14-7-8-15(24-2)16(9-14)25-3/h7-10,12H,4-6,11H2,1-3H3,(H,20,22). The first kappa shape index (κ1) is 18.5. The van der Waals surface area contributed by atoms with Crippen LogP contribution in [0.15, 0.2) is 35.4 Å². The van der Waals surface area contributed by atoms with Gasteiger partial charge in [-0.05, 0) is 25.0 Å². The van der Waals surface area contributed by atoms with E-state index in [0.717, 1.165) is 25.0 Å². The number of benzene rings is 1. The summed E-state index contributed by atoms with van der Waals surface area (Å²) in [5.74, 6) is 0.764. The van der Waals surface area contributed by atoms with Crippen LogP contribution in [-0.2, 0) is 17.8 Å². The lowest BCUT2D eigenvalue weighted by Crippen LogP contribution is -2.27. The molecule has 0 spiro atoms. The summed E-state index contributed by atoms with van der Waals surface area (Å²) < 4.78 is 11.6. The van der Waals surface area contributed by atoms with Crippen molar-refractivity contribution in [1.29, 1.82) is 0 Å². The Morgan fingerprint density at radius 1 is 1.20 bits per heavy atom. The highest BCUT2D eigenvalue weighted by atomic mass is 16.5. The molecular formula is C18H23N3O4. The molecule has 0 saturated heterocycles. The third-order valence-corrected chi connectivity index (χ3v) is 3.70. The van der Waals surface area contributed by atoms with Gasteiger partial charge in [0.05, 0.1) is 20.5 Å². The summed E-state index contributed by atoms with van der Waals surface area (Å²) in [6, 6.07) is 6.55. The summed E-state index contributed by atoms with van der Waals surface area (Å²) in [4.78, 5) is 28.5. The van der Waals surface area contributed by atoms with Gasteiger partial charge in [-0.1, -0.05) is 13.3 Å². The molecular weight excluding hydrogens is 322 g/mol. The molecule has 1 aromatic carbocycles. The van der Waals surface area contributed by atoms with E-state index in [2.05, 4.69) is 17.2 Å². The van der Waals surface area contributed by atoms with Crippen molar-refractivity contribution in [2.24, 2.45) is 0 Å². The summed E-state index contributed by atoms with van der Waals surface area (Å²) in [5.41, 5.74) is 1.08. The fraction of sp³-hybridized carbons (Fsp3) is 0.389. The molecule has 1 aromatic heterocycles. The molecule has 0 aliphatic heterocycles. The summed E-state index contributed by atoms with van der Waals surface area (Å²) in [7, 11) is 3.06. The van der Waals surface area contributed by atoms with Crippen molar-refractivity contribution in [3.8, 4) is 11.5 Å². The Morgan fingerprint density at radius 3 is 2.60 bits per heavy atom. The van der Waals surface area contributed by atoms with Crippen LogP contribution in [0.2, 0.25) is 0 Å². The van der Waals surface area contributed by atoms with Crippen LogP contribution in [0.1, 0.15) is 25.5 Å². The van der Waals surface area contributed by atoms with Crippen LogP contribution in [-0.4, -0.2) is 29.7 Å². The summed E-state index contributed by atoms with van der Waals surface area (Å²) in [5, 5.41) is 2.73. The number of aryl methyl sites for hydroxylation is 1. The lowest BCUT2D eigenvalue weighted by Gasteiger charge is -2.11. The first-order valence-corrected chi connectivity index (χ1v) is 8.14. The van der Waals surface area contributed by atoms with Gasteiger partial charge in [0.15, 0.2) is 11.5 Å². The maximum atomic E-state index is 12.2. The van der Waals surface area contributed by atoms with Gasteiger partial charge in [-0.2, -0.15) is 0 Å². The van der Waals surface area contributed by atoms with Crippen molar-refractivity contribution in [3.63, 3.8) is 0 Å². The molecule has 1 amide bonds. The van der Waals surface area contributed by atoms with Crippen molar-refractivity contribution in [3.05, 3.63) is 46.6 Å². The number of aromatic nitrogens is 2. The van der Waals surface area contributed by atoms with E-state index in [1.54, 1.807) is 25.3 Å². The fourth-order valence-electron chi connectivity index (χ4n) is 2.35. The number of nitrogens with zero attached hydrogens (tertiary/aromatic N) is 2. The first-order chi connectivity index (χ1) is 12.1. The minimum atomic E-state index is -0.322. The predicted octanol–water partition coefficient (Wildman–Crippen LogP) is 2.24. The smallest absolute Gasteiger partial charge is 0.253 e. The summed E-state index contributed by atoms with van der Waals surface area (Å²) >= 11 is 0. The van der Waals surface area contributed by atoms with Crippen molar-refractivity contribution in [2.45, 2.75) is 32.7 Å². The molecule has 0 atom stereocenters. The van der Waals surface area contributed by atoms with Crippen molar-refractivity contribution in [1.82, 2.24) is 9.55 Å². The molecule has 2 aromatic rings. The third-order valence-electron chi connectivity index (χ3n) is 3.70. The lowest BCUT2D eigenvalue weighted by atomic mass is 10.2. The zero-order valence-electron chi connectivity index (χ0n) is 14.7. The minimum Gasteiger partial charge on any atom is -0.493 e. The number of hydrogen-bond acceptors (Lipinski definition) is 5. The molecule has 0 radical (unpaired) electrons. The van der Waals surface area contributed by atoms with Gasteiger partial charge in [0, 0.05) is 23.5 Å². The quantitative estimate of drug-likeness (QED) is 0.793. The fourth-order valence-corrected chi connectivity index (χ4v) is 2.35. The molecule has 134 valence electrons. The average Bonchev–Trinajstić information content (AvgIpc) is 2.61. The molecule has 1 N–H and O–H groups in total. The normalized spacial score (nSPS) is 10.4. The van der Waals surface area contributed by atoms with E-state index >= 15 is 0 Å². The van der Waals surface area contributed by atoms with Gasteiger partial charge < -0.3 is 14.8 Å². The van der Waals surface area contributed by atoms with Crippen LogP contribution >= 0.6 is 0 Å². The largest absolute Gasteiger partial charge is 0.493 e. The SMILES string of the molecule is CCCCc1cc(=O)n(CC(=O)Nc2ccc(OC)c(OC)c2)cn1. The van der Waals surface area contributed by atoms with E-state index in [0.29, 0.717) is 17.2 Å². The lowest BCUT2D eigenvalue weighted by molar-refractivity contribution is -0.116. The molecule has 0 unspecified atom stereocenters. The van der Waals surface area contributed by atoms with Crippen molar-refractivity contribution in [2.75, 3.05) is 19.5 Å². The third kappa shape index (κ3) is 5.07. The van der Waals surface area contributed by atoms with E-state index in [1.165, 1.54) is 24.1 Å². The molecule has 0 fully saturated rings. The maximum absolute atomic E-state index is 12.2. The van der Waals surface area contributed by atoms with Crippen LogP contribution in [0.4, 0.5) is 5.69 Å². The van der Waals surface area contributed by atoms with E-state index in [-0.39, 0.29) is 18.0 Å². The number of carbonyl (C=O) groups excluding carboxylic acids is 1. The second-order valence-corrected chi connectivity index (χ2v) is 5.57. The van der Waals surface area contributed by atoms with Crippen LogP contribution in [0.5, 0.6) is 11.5 Å². The summed E-state index contributed by atoms with van der Waals surface area (Å²) in [6.45, 7) is 1.98. The second-order valence-electron chi connectivity index (χ2n) is 5.57. The van der Waals surface area contributed by atoms with Crippen LogP contribution in [0.3, 0.4) is 0 Å². The number of methoxy groups -OCH3 is 2. The molecule has 2 rings (SSSR count). The molecule has 1 heterocycles. The van der Waals surface area contributed by atoms with Gasteiger partial charge in [-0.15, -0.1) is 0 Å². The van der Waals surface area contributed by atoms with Gasteiger partial charge in [0.2, 0.25) is 5.91 Å². The number of carbonyl (C=O) groups is 1. The molecule has 7 nitrogen and oxygen atoms in total. The van der Waals surface area contributed by atoms with E-state index in [4.69, 9.17) is 9.47 Å². The number of hydrogen-bond donors (Lipinski definition) is 1. The van der Waals surface area contributed by atoms with Crippen LogP contribution in [0.25, 0.3) is 0 Å². The minimum absolute atomic E-state index is 0.103. The molecule has 0 aliphatic rings. The first-order valence-electron chi connectivity index (χ1n) is 8.14. The van der Waals surface area contributed by atoms with E-state index in [1.807, 2.05) is 0 Å². The number of unbranched alkanes of at least 4 members (excludes halogenated alkanes) is 1. The van der Waals surface area contributed by atoms with Crippen LogP contribution in [0, 0.1) is 0 Å². The highest BCUT2D eigenvalue weighted by Gasteiger charge is 2.09. The Labute approximate surface area is 146 Å². The second kappa shape index (κ2) is 8.86. The summed E-state index contributed by atoms with van der Waals surface area (Å²) in [6.07, 6.45) is 4.21. The Hall–Kier alpha value is -2.83. The molecule has 7 heteroatoms. The van der Waals surface area contributed by atoms with E-state index < -0.39 is 0 Å². The Kier molecular flexibility index (Phi) is 6.56. The predicted molar refractivity (Wildman–Crippen MR) is 95.3 cm³/mol. The molecule has 0 saturated carbocycles. The topological polar surface area (TPSA) is 82.5 Å². The number of nitrogens with one attached hydrogen (secondary N) is 1. The van der Waals surface area contributed by atoms with Gasteiger partial charge in [0.1, 0.15) is 6.54 Å². The zero-order chi connectivity index (χ0) is 18.2. The van der Waals surface area contributed by atoms with Crippen molar-refractivity contribution < 1.29 is 14.3 Å².